The summed E-state index contributed by atoms with van der Waals surface area (Å²) >= 11 is 0. The molecule has 0 fully saturated rings. The number of nitrogens with zero attached hydrogens (tertiary/aromatic N) is 3. The topological polar surface area (TPSA) is 65.7 Å². The van der Waals surface area contributed by atoms with Crippen LogP contribution < -0.4 is 0 Å². The zero-order valence-electron chi connectivity index (χ0n) is 12.8. The number of aromatic nitrogens is 3. The molecule has 0 radical (unpaired) electrons. The number of fused-ring (bicyclic) bond motifs is 1. The fourth-order valence-electron chi connectivity index (χ4n) is 2.25. The van der Waals surface area contributed by atoms with Crippen LogP contribution in [0.3, 0.4) is 0 Å². The van der Waals surface area contributed by atoms with Crippen LogP contribution in [0.1, 0.15) is 38.6 Å². The molecule has 0 amide bonds. The third-order valence-corrected chi connectivity index (χ3v) is 5.01. The molecule has 6 nitrogen and oxygen atoms in total. The summed E-state index contributed by atoms with van der Waals surface area (Å²) in [5.74, 6) is 0. The van der Waals surface area contributed by atoms with E-state index in [-0.39, 0.29) is 6.16 Å². The van der Waals surface area contributed by atoms with Gasteiger partial charge in [-0.25, -0.2) is 9.50 Å². The Kier molecular flexibility index (Phi) is 5.51. The second kappa shape index (κ2) is 7.16. The van der Waals surface area contributed by atoms with Crippen molar-refractivity contribution in [3.05, 3.63) is 29.7 Å². The molecule has 2 heterocycles. The summed E-state index contributed by atoms with van der Waals surface area (Å²) in [6.07, 6.45) is 3.77. The van der Waals surface area contributed by atoms with Crippen LogP contribution in [0.5, 0.6) is 0 Å². The molecule has 0 aromatic carbocycles. The highest BCUT2D eigenvalue weighted by Crippen LogP contribution is 2.51. The first-order valence-electron chi connectivity index (χ1n) is 7.32. The lowest BCUT2D eigenvalue weighted by molar-refractivity contribution is 0.218. The number of rotatable bonds is 8. The van der Waals surface area contributed by atoms with Gasteiger partial charge in [-0.15, -0.1) is 0 Å². The van der Waals surface area contributed by atoms with Gasteiger partial charge < -0.3 is 9.05 Å². The Hall–Kier alpha value is -1.23. The molecule has 0 bridgehead atoms. The van der Waals surface area contributed by atoms with Crippen LogP contribution >= 0.6 is 7.60 Å². The summed E-state index contributed by atoms with van der Waals surface area (Å²) in [5.41, 5.74) is 2.54. The van der Waals surface area contributed by atoms with Gasteiger partial charge in [0.05, 0.1) is 31.3 Å². The van der Waals surface area contributed by atoms with Gasteiger partial charge in [-0.1, -0.05) is 13.3 Å². The molecule has 0 aliphatic carbocycles. The predicted octanol–water partition coefficient (Wildman–Crippen LogP) is 3.45. The third kappa shape index (κ3) is 3.90. The van der Waals surface area contributed by atoms with Crippen molar-refractivity contribution in [2.24, 2.45) is 0 Å². The summed E-state index contributed by atoms with van der Waals surface area (Å²) in [4.78, 5) is 4.54. The van der Waals surface area contributed by atoms with Crippen molar-refractivity contribution < 1.29 is 13.6 Å². The van der Waals surface area contributed by atoms with Gasteiger partial charge in [-0.3, -0.25) is 4.57 Å². The summed E-state index contributed by atoms with van der Waals surface area (Å²) in [6.45, 7) is 6.43. The highest BCUT2D eigenvalue weighted by atomic mass is 31.2. The molecule has 0 aliphatic heterocycles. The monoisotopic (exact) mass is 311 g/mol. The molecule has 0 spiro atoms. The molecule has 0 saturated carbocycles. The summed E-state index contributed by atoms with van der Waals surface area (Å²) in [7, 11) is -3.15. The van der Waals surface area contributed by atoms with E-state index >= 15 is 0 Å². The van der Waals surface area contributed by atoms with E-state index in [0.29, 0.717) is 13.2 Å². The molecule has 2 aromatic rings. The third-order valence-electron chi connectivity index (χ3n) is 3.00. The van der Waals surface area contributed by atoms with Gasteiger partial charge in [0.15, 0.2) is 5.65 Å². The van der Waals surface area contributed by atoms with E-state index in [0.717, 1.165) is 29.9 Å². The molecule has 116 valence electrons. The molecule has 0 unspecified atom stereocenters. The van der Waals surface area contributed by atoms with Gasteiger partial charge in [-0.2, -0.15) is 5.10 Å². The Balaban J connectivity index is 2.39. The summed E-state index contributed by atoms with van der Waals surface area (Å²) < 4.78 is 25.2. The second-order valence-electron chi connectivity index (χ2n) is 4.69. The molecule has 0 saturated heterocycles. The first-order valence-corrected chi connectivity index (χ1v) is 9.05. The smallest absolute Gasteiger partial charge is 0.309 e. The van der Waals surface area contributed by atoms with Crippen molar-refractivity contribution in [3.8, 4) is 0 Å². The molecular weight excluding hydrogens is 289 g/mol. The predicted molar refractivity (Wildman–Crippen MR) is 81.5 cm³/mol. The Bertz CT molecular complexity index is 631. The van der Waals surface area contributed by atoms with Crippen molar-refractivity contribution in [1.82, 2.24) is 14.6 Å². The van der Waals surface area contributed by atoms with Crippen molar-refractivity contribution in [2.75, 3.05) is 13.2 Å². The Labute approximate surface area is 125 Å². The maximum absolute atomic E-state index is 12.7. The fraction of sp³-hybridized carbons (Fsp3) is 0.571. The second-order valence-corrected chi connectivity index (χ2v) is 6.75. The zero-order chi connectivity index (χ0) is 15.3. The van der Waals surface area contributed by atoms with Crippen LogP contribution in [0.15, 0.2) is 18.3 Å². The van der Waals surface area contributed by atoms with Crippen molar-refractivity contribution in [1.29, 1.82) is 0 Å². The SMILES string of the molecule is CCCc1cc(CP(=O)(OCC)OCC)n2nccc2n1. The van der Waals surface area contributed by atoms with E-state index in [1.165, 1.54) is 0 Å². The largest absolute Gasteiger partial charge is 0.336 e. The van der Waals surface area contributed by atoms with Crippen molar-refractivity contribution in [2.45, 2.75) is 39.8 Å². The minimum atomic E-state index is -3.15. The van der Waals surface area contributed by atoms with Gasteiger partial charge >= 0.3 is 7.60 Å². The van der Waals surface area contributed by atoms with Crippen LogP contribution in [-0.4, -0.2) is 27.8 Å². The highest BCUT2D eigenvalue weighted by Gasteiger charge is 2.26. The molecule has 7 heteroatoms. The Morgan fingerprint density at radius 1 is 1.24 bits per heavy atom. The van der Waals surface area contributed by atoms with Crippen LogP contribution in [0.4, 0.5) is 0 Å². The summed E-state index contributed by atoms with van der Waals surface area (Å²) in [6, 6.07) is 3.78. The highest BCUT2D eigenvalue weighted by molar-refractivity contribution is 7.53. The maximum Gasteiger partial charge on any atom is 0.336 e. The average molecular weight is 311 g/mol. The molecule has 21 heavy (non-hydrogen) atoms. The number of hydrogen-bond donors (Lipinski definition) is 0. The zero-order valence-corrected chi connectivity index (χ0v) is 13.7. The first kappa shape index (κ1) is 16.1. The van der Waals surface area contributed by atoms with Crippen LogP contribution in [0, 0.1) is 0 Å². The van der Waals surface area contributed by atoms with Gasteiger partial charge in [0.1, 0.15) is 0 Å². The van der Waals surface area contributed by atoms with E-state index in [4.69, 9.17) is 9.05 Å². The molecular formula is C14H22N3O3P. The maximum atomic E-state index is 12.7. The lowest BCUT2D eigenvalue weighted by Gasteiger charge is -2.17. The van der Waals surface area contributed by atoms with E-state index in [2.05, 4.69) is 17.0 Å². The standard InChI is InChI=1S/C14H22N3O3P/c1-4-7-12-10-13(17-14(16-12)8-9-15-17)11-21(18,19-5-2)20-6-3/h8-10H,4-7,11H2,1-3H3. The average Bonchev–Trinajstić information content (AvgIpc) is 2.88. The molecule has 2 rings (SSSR count). The molecule has 0 N–H and O–H groups in total. The normalized spacial score (nSPS) is 12.1. The van der Waals surface area contributed by atoms with E-state index in [9.17, 15) is 4.57 Å². The first-order chi connectivity index (χ1) is 10.1. The summed E-state index contributed by atoms with van der Waals surface area (Å²) in [5, 5.41) is 4.25. The lowest BCUT2D eigenvalue weighted by atomic mass is 10.2. The fourth-order valence-corrected chi connectivity index (χ4v) is 3.92. The van der Waals surface area contributed by atoms with Crippen molar-refractivity contribution >= 4 is 13.2 Å². The number of aryl methyl sites for hydroxylation is 1. The molecule has 0 atom stereocenters. The van der Waals surface area contributed by atoms with E-state index in [1.807, 2.05) is 26.0 Å². The molecule has 0 aliphatic rings. The van der Waals surface area contributed by atoms with Crippen LogP contribution in [-0.2, 0) is 26.2 Å². The van der Waals surface area contributed by atoms with Gasteiger partial charge in [-0.05, 0) is 26.3 Å². The Morgan fingerprint density at radius 2 is 1.95 bits per heavy atom. The van der Waals surface area contributed by atoms with E-state index < -0.39 is 7.60 Å². The van der Waals surface area contributed by atoms with Gasteiger partial charge in [0.25, 0.3) is 0 Å². The van der Waals surface area contributed by atoms with E-state index in [1.54, 1.807) is 10.7 Å². The van der Waals surface area contributed by atoms with Gasteiger partial charge in [0.2, 0.25) is 0 Å². The van der Waals surface area contributed by atoms with Crippen LogP contribution in [0.2, 0.25) is 0 Å². The number of hydrogen-bond acceptors (Lipinski definition) is 5. The minimum Gasteiger partial charge on any atom is -0.309 e. The van der Waals surface area contributed by atoms with Crippen molar-refractivity contribution in [3.63, 3.8) is 0 Å². The van der Waals surface area contributed by atoms with Crippen LogP contribution in [0.25, 0.3) is 5.65 Å². The Morgan fingerprint density at radius 3 is 2.57 bits per heavy atom. The lowest BCUT2D eigenvalue weighted by Crippen LogP contribution is -2.07. The minimum absolute atomic E-state index is 0.200. The van der Waals surface area contributed by atoms with Gasteiger partial charge in [0, 0.05) is 11.8 Å². The quantitative estimate of drug-likeness (QED) is 0.699. The molecule has 2 aromatic heterocycles.